The van der Waals surface area contributed by atoms with Gasteiger partial charge in [0.1, 0.15) is 0 Å². The lowest BCUT2D eigenvalue weighted by Crippen LogP contribution is -2.35. The standard InChI is InChI=1S/C16H22BrNO2/c1-3-10-18(11-4-2)15(19)12-14(17)16(20)13-8-6-5-7-9-13/h5-9,14H,3-4,10-12H2,1-2H3/t14-/m0/s1. The van der Waals surface area contributed by atoms with Crippen molar-refractivity contribution in [2.24, 2.45) is 0 Å². The smallest absolute Gasteiger partial charge is 0.224 e. The van der Waals surface area contributed by atoms with E-state index in [0.29, 0.717) is 5.56 Å². The van der Waals surface area contributed by atoms with E-state index in [1.165, 1.54) is 0 Å². The lowest BCUT2D eigenvalue weighted by Gasteiger charge is -2.22. The highest BCUT2D eigenvalue weighted by atomic mass is 79.9. The molecule has 1 amide bonds. The molecule has 0 spiro atoms. The van der Waals surface area contributed by atoms with Crippen LogP contribution in [0.15, 0.2) is 30.3 Å². The second-order valence-corrected chi connectivity index (χ2v) is 5.89. The Bertz CT molecular complexity index is 427. The fourth-order valence-corrected chi connectivity index (χ4v) is 2.60. The van der Waals surface area contributed by atoms with Gasteiger partial charge >= 0.3 is 0 Å². The lowest BCUT2D eigenvalue weighted by molar-refractivity contribution is -0.131. The second-order valence-electron chi connectivity index (χ2n) is 4.78. The van der Waals surface area contributed by atoms with Crippen LogP contribution >= 0.6 is 15.9 Å². The third-order valence-corrected chi connectivity index (χ3v) is 3.78. The minimum absolute atomic E-state index is 0.0353. The van der Waals surface area contributed by atoms with Gasteiger partial charge in [0.25, 0.3) is 0 Å². The van der Waals surface area contributed by atoms with E-state index in [-0.39, 0.29) is 18.1 Å². The second kappa shape index (κ2) is 8.90. The Morgan fingerprint density at radius 3 is 2.15 bits per heavy atom. The van der Waals surface area contributed by atoms with Crippen LogP contribution in [0.1, 0.15) is 43.5 Å². The summed E-state index contributed by atoms with van der Waals surface area (Å²) in [6.07, 6.45) is 2.09. The number of carbonyl (C=O) groups excluding carboxylic acids is 2. The molecule has 1 atom stereocenters. The Morgan fingerprint density at radius 1 is 1.10 bits per heavy atom. The molecule has 0 radical (unpaired) electrons. The number of hydrogen-bond acceptors (Lipinski definition) is 2. The molecule has 110 valence electrons. The molecule has 0 saturated heterocycles. The number of carbonyl (C=O) groups is 2. The Balaban J connectivity index is 2.62. The predicted octanol–water partition coefficient (Wildman–Crippen LogP) is 3.67. The zero-order valence-electron chi connectivity index (χ0n) is 12.1. The maximum atomic E-state index is 12.2. The molecule has 0 fully saturated rings. The SMILES string of the molecule is CCCN(CCC)C(=O)C[C@H](Br)C(=O)c1ccccc1. The van der Waals surface area contributed by atoms with Crippen molar-refractivity contribution in [3.63, 3.8) is 0 Å². The first kappa shape index (κ1) is 16.9. The summed E-state index contributed by atoms with van der Waals surface area (Å²) in [7, 11) is 0. The number of alkyl halides is 1. The number of ketones is 1. The molecule has 20 heavy (non-hydrogen) atoms. The van der Waals surface area contributed by atoms with E-state index in [4.69, 9.17) is 0 Å². The van der Waals surface area contributed by atoms with Crippen molar-refractivity contribution in [3.05, 3.63) is 35.9 Å². The summed E-state index contributed by atoms with van der Waals surface area (Å²) in [5.41, 5.74) is 0.639. The molecule has 0 bridgehead atoms. The molecule has 0 unspecified atom stereocenters. The van der Waals surface area contributed by atoms with E-state index < -0.39 is 4.83 Å². The number of nitrogens with zero attached hydrogens (tertiary/aromatic N) is 1. The quantitative estimate of drug-likeness (QED) is 0.535. The summed E-state index contributed by atoms with van der Waals surface area (Å²) >= 11 is 3.35. The first-order valence-electron chi connectivity index (χ1n) is 7.11. The van der Waals surface area contributed by atoms with Crippen LogP contribution in [0.2, 0.25) is 0 Å². The maximum absolute atomic E-state index is 12.2. The zero-order chi connectivity index (χ0) is 15.0. The normalized spacial score (nSPS) is 11.9. The maximum Gasteiger partial charge on any atom is 0.224 e. The molecule has 0 heterocycles. The minimum atomic E-state index is -0.450. The van der Waals surface area contributed by atoms with E-state index in [1.807, 2.05) is 23.1 Å². The Kier molecular flexibility index (Phi) is 7.52. The molecule has 3 nitrogen and oxygen atoms in total. The highest BCUT2D eigenvalue weighted by Gasteiger charge is 2.22. The van der Waals surface area contributed by atoms with Gasteiger partial charge in [0.05, 0.1) is 4.83 Å². The van der Waals surface area contributed by atoms with E-state index >= 15 is 0 Å². The first-order valence-corrected chi connectivity index (χ1v) is 8.02. The van der Waals surface area contributed by atoms with Crippen LogP contribution in [0, 0.1) is 0 Å². The highest BCUT2D eigenvalue weighted by molar-refractivity contribution is 9.10. The molecule has 4 heteroatoms. The predicted molar refractivity (Wildman–Crippen MR) is 85.3 cm³/mol. The van der Waals surface area contributed by atoms with Gasteiger partial charge in [0, 0.05) is 25.1 Å². The molecule has 1 aromatic rings. The Morgan fingerprint density at radius 2 is 1.65 bits per heavy atom. The third kappa shape index (κ3) is 5.08. The highest BCUT2D eigenvalue weighted by Crippen LogP contribution is 2.15. The summed E-state index contributed by atoms with van der Waals surface area (Å²) in [5, 5.41) is 0. The van der Waals surface area contributed by atoms with Crippen molar-refractivity contribution in [1.82, 2.24) is 4.90 Å². The molecule has 0 saturated carbocycles. The molecule has 0 N–H and O–H groups in total. The summed E-state index contributed by atoms with van der Waals surface area (Å²) in [4.78, 5) is 25.8. The van der Waals surface area contributed by atoms with Crippen molar-refractivity contribution in [1.29, 1.82) is 0 Å². The van der Waals surface area contributed by atoms with Gasteiger partial charge < -0.3 is 4.90 Å². The first-order chi connectivity index (χ1) is 9.60. The lowest BCUT2D eigenvalue weighted by atomic mass is 10.1. The number of benzene rings is 1. The largest absolute Gasteiger partial charge is 0.343 e. The van der Waals surface area contributed by atoms with E-state index in [9.17, 15) is 9.59 Å². The van der Waals surface area contributed by atoms with Crippen LogP contribution in [-0.2, 0) is 4.79 Å². The average molecular weight is 340 g/mol. The van der Waals surface area contributed by atoms with Gasteiger partial charge in [-0.3, -0.25) is 9.59 Å². The summed E-state index contributed by atoms with van der Waals surface area (Å²) in [6.45, 7) is 5.62. The summed E-state index contributed by atoms with van der Waals surface area (Å²) < 4.78 is 0. The number of halogens is 1. The van der Waals surface area contributed by atoms with E-state index in [1.54, 1.807) is 12.1 Å². The molecule has 0 aliphatic heterocycles. The number of amides is 1. The summed E-state index contributed by atoms with van der Waals surface area (Å²) in [6, 6.07) is 9.08. The van der Waals surface area contributed by atoms with Crippen LogP contribution in [-0.4, -0.2) is 34.5 Å². The van der Waals surface area contributed by atoms with Gasteiger partial charge in [-0.2, -0.15) is 0 Å². The topological polar surface area (TPSA) is 37.4 Å². The number of Topliss-reactive ketones (excluding diaryl/α,β-unsaturated/α-hetero) is 1. The van der Waals surface area contributed by atoms with Crippen LogP contribution in [0.25, 0.3) is 0 Å². The fraction of sp³-hybridized carbons (Fsp3) is 0.500. The average Bonchev–Trinajstić information content (AvgIpc) is 2.47. The molecule has 0 aromatic heterocycles. The monoisotopic (exact) mass is 339 g/mol. The van der Waals surface area contributed by atoms with Gasteiger partial charge in [-0.15, -0.1) is 0 Å². The van der Waals surface area contributed by atoms with Crippen LogP contribution in [0.4, 0.5) is 0 Å². The van der Waals surface area contributed by atoms with Gasteiger partial charge in [0.15, 0.2) is 5.78 Å². The molecular formula is C16H22BrNO2. The van der Waals surface area contributed by atoms with Crippen molar-refractivity contribution in [2.45, 2.75) is 37.9 Å². The van der Waals surface area contributed by atoms with E-state index in [0.717, 1.165) is 25.9 Å². The number of rotatable bonds is 8. The Hall–Kier alpha value is -1.16. The van der Waals surface area contributed by atoms with Crippen molar-refractivity contribution >= 4 is 27.6 Å². The molecule has 0 aliphatic carbocycles. The third-order valence-electron chi connectivity index (χ3n) is 3.04. The number of hydrogen-bond donors (Lipinski definition) is 0. The van der Waals surface area contributed by atoms with Crippen molar-refractivity contribution in [2.75, 3.05) is 13.1 Å². The minimum Gasteiger partial charge on any atom is -0.343 e. The Labute approximate surface area is 129 Å². The van der Waals surface area contributed by atoms with Crippen LogP contribution in [0.3, 0.4) is 0 Å². The van der Waals surface area contributed by atoms with Crippen LogP contribution in [0.5, 0.6) is 0 Å². The van der Waals surface area contributed by atoms with E-state index in [2.05, 4.69) is 29.8 Å². The van der Waals surface area contributed by atoms with Crippen molar-refractivity contribution < 1.29 is 9.59 Å². The molecule has 1 rings (SSSR count). The van der Waals surface area contributed by atoms with Crippen LogP contribution < -0.4 is 0 Å². The van der Waals surface area contributed by atoms with Gasteiger partial charge in [-0.1, -0.05) is 60.1 Å². The summed E-state index contributed by atoms with van der Waals surface area (Å²) in [5.74, 6) is 0.00625. The van der Waals surface area contributed by atoms with Crippen molar-refractivity contribution in [3.8, 4) is 0 Å². The van der Waals surface area contributed by atoms with Gasteiger partial charge in [-0.05, 0) is 12.8 Å². The molecule has 0 aliphatic rings. The fourth-order valence-electron chi connectivity index (χ4n) is 2.06. The molecular weight excluding hydrogens is 318 g/mol. The van der Waals surface area contributed by atoms with Gasteiger partial charge in [0.2, 0.25) is 5.91 Å². The zero-order valence-corrected chi connectivity index (χ0v) is 13.7. The molecule has 1 aromatic carbocycles. The van der Waals surface area contributed by atoms with Gasteiger partial charge in [-0.25, -0.2) is 0 Å².